The van der Waals surface area contributed by atoms with E-state index in [1.807, 2.05) is 19.9 Å². The van der Waals surface area contributed by atoms with Crippen LogP contribution < -0.4 is 0 Å². The Kier molecular flexibility index (Phi) is 58.5. The molecule has 0 radical (unpaired) electrons. The lowest BCUT2D eigenvalue weighted by molar-refractivity contribution is 0.148. The SMILES string of the molecule is C=CCCC.CC=CC(C)C.CCC(C)(C)C.CCC(C)C.CCCC(C)C.CCCOCC. The van der Waals surface area contributed by atoms with Crippen LogP contribution in [0.3, 0.4) is 0 Å². The first kappa shape index (κ1) is 46.7. The molecule has 0 aromatic rings. The van der Waals surface area contributed by atoms with Crippen molar-refractivity contribution in [2.45, 2.75) is 156 Å². The number of hydrogen-bond acceptors (Lipinski definition) is 1. The van der Waals surface area contributed by atoms with E-state index in [1.54, 1.807) is 0 Å². The van der Waals surface area contributed by atoms with Gasteiger partial charge in [0, 0.05) is 13.2 Å². The van der Waals surface area contributed by atoms with Crippen molar-refractivity contribution in [3.63, 3.8) is 0 Å². The van der Waals surface area contributed by atoms with Crippen LogP contribution in [0.15, 0.2) is 24.8 Å². The van der Waals surface area contributed by atoms with Gasteiger partial charge < -0.3 is 4.74 Å². The first-order valence-electron chi connectivity index (χ1n) is 14.5. The van der Waals surface area contributed by atoms with Gasteiger partial charge in [0.1, 0.15) is 0 Å². The van der Waals surface area contributed by atoms with Gasteiger partial charge in [-0.05, 0) is 49.9 Å². The molecule has 0 aromatic heterocycles. The van der Waals surface area contributed by atoms with E-state index in [2.05, 4.69) is 116 Å². The highest BCUT2D eigenvalue weighted by atomic mass is 16.5. The third-order valence-corrected chi connectivity index (χ3v) is 4.37. The topological polar surface area (TPSA) is 9.23 Å². The maximum Gasteiger partial charge on any atom is 0.0463 e. The van der Waals surface area contributed by atoms with Crippen molar-refractivity contribution in [3.8, 4) is 0 Å². The lowest BCUT2D eigenvalue weighted by atomic mass is 9.94. The van der Waals surface area contributed by atoms with E-state index in [0.717, 1.165) is 43.8 Å². The second-order valence-electron chi connectivity index (χ2n) is 10.9. The molecule has 0 rings (SSSR count). The second-order valence-corrected chi connectivity index (χ2v) is 10.9. The predicted octanol–water partition coefficient (Wildman–Crippen LogP) is 12.6. The van der Waals surface area contributed by atoms with Gasteiger partial charge in [-0.3, -0.25) is 0 Å². The van der Waals surface area contributed by atoms with Crippen LogP contribution >= 0.6 is 0 Å². The molecule has 0 bridgehead atoms. The molecule has 0 heterocycles. The lowest BCUT2D eigenvalue weighted by Gasteiger charge is -2.12. The fourth-order valence-electron chi connectivity index (χ4n) is 1.46. The van der Waals surface area contributed by atoms with Crippen LogP contribution in [0.2, 0.25) is 0 Å². The molecule has 0 amide bonds. The average molecular weight is 487 g/mol. The fraction of sp³-hybridized carbons (Fsp3) is 0.879. The summed E-state index contributed by atoms with van der Waals surface area (Å²) in [5.41, 5.74) is 0.542. The first-order chi connectivity index (χ1) is 15.7. The smallest absolute Gasteiger partial charge is 0.0463 e. The third-order valence-electron chi connectivity index (χ3n) is 4.37. The van der Waals surface area contributed by atoms with Crippen LogP contribution in [-0.2, 0) is 4.74 Å². The molecule has 0 fully saturated rings. The van der Waals surface area contributed by atoms with Crippen molar-refractivity contribution < 1.29 is 4.74 Å². The van der Waals surface area contributed by atoms with E-state index in [0.29, 0.717) is 5.41 Å². The van der Waals surface area contributed by atoms with Crippen LogP contribution in [0.1, 0.15) is 156 Å². The molecule has 0 spiro atoms. The maximum absolute atomic E-state index is 4.98. The standard InChI is InChI=1S/2C6H14.C6H12.C5H12O.C5H12.C5H10/c1-5-6(2,3)4;2*1-4-5-6(2)3;1-3-5-6-4-2;1-4-5(2)3;1-3-5-4-2/h5H2,1-4H3;6H,4-5H2,1-3H3;4-6H,1-3H3;3-5H2,1-2H3;5H,4H2,1-3H3;3H,1,4-5H2,2H3. The Morgan fingerprint density at radius 3 is 1.24 bits per heavy atom. The van der Waals surface area contributed by atoms with Crippen molar-refractivity contribution in [1.29, 1.82) is 0 Å². The Morgan fingerprint density at radius 2 is 1.21 bits per heavy atom. The van der Waals surface area contributed by atoms with Crippen LogP contribution in [-0.4, -0.2) is 13.2 Å². The van der Waals surface area contributed by atoms with Gasteiger partial charge in [-0.25, -0.2) is 0 Å². The van der Waals surface area contributed by atoms with Crippen molar-refractivity contribution in [1.82, 2.24) is 0 Å². The number of hydrogen-bond donors (Lipinski definition) is 0. The van der Waals surface area contributed by atoms with Gasteiger partial charge in [-0.1, -0.05) is 147 Å². The van der Waals surface area contributed by atoms with E-state index >= 15 is 0 Å². The fourth-order valence-corrected chi connectivity index (χ4v) is 1.46. The molecule has 34 heavy (non-hydrogen) atoms. The highest BCUT2D eigenvalue weighted by Gasteiger charge is 2.03. The maximum atomic E-state index is 4.98. The zero-order valence-electron chi connectivity index (χ0n) is 27.4. The van der Waals surface area contributed by atoms with Crippen LogP contribution in [0.25, 0.3) is 0 Å². The summed E-state index contributed by atoms with van der Waals surface area (Å²) in [7, 11) is 0. The minimum atomic E-state index is 0.542. The molecular formula is C33H74O. The zero-order chi connectivity index (χ0) is 28.4. The Bertz CT molecular complexity index is 314. The van der Waals surface area contributed by atoms with Gasteiger partial charge >= 0.3 is 0 Å². The van der Waals surface area contributed by atoms with E-state index in [4.69, 9.17) is 4.74 Å². The molecule has 1 heteroatoms. The summed E-state index contributed by atoms with van der Waals surface area (Å²) in [6.45, 7) is 40.3. The molecule has 0 atom stereocenters. The van der Waals surface area contributed by atoms with E-state index in [-0.39, 0.29) is 0 Å². The minimum Gasteiger partial charge on any atom is -0.382 e. The van der Waals surface area contributed by atoms with Gasteiger partial charge in [0.25, 0.3) is 0 Å². The molecule has 0 aliphatic heterocycles. The number of allylic oxidation sites excluding steroid dienone is 3. The molecule has 0 unspecified atom stereocenters. The van der Waals surface area contributed by atoms with E-state index in [1.165, 1.54) is 32.1 Å². The summed E-state index contributed by atoms with van der Waals surface area (Å²) in [4.78, 5) is 0. The number of unbranched alkanes of at least 4 members (excludes halogenated alkanes) is 1. The Balaban J connectivity index is -0.0000000693. The van der Waals surface area contributed by atoms with Crippen molar-refractivity contribution in [3.05, 3.63) is 24.8 Å². The average Bonchev–Trinajstić information content (AvgIpc) is 2.74. The Morgan fingerprint density at radius 1 is 0.765 bits per heavy atom. The molecule has 0 aromatic carbocycles. The molecule has 0 saturated carbocycles. The van der Waals surface area contributed by atoms with E-state index < -0.39 is 0 Å². The Labute approximate surface area is 221 Å². The van der Waals surface area contributed by atoms with E-state index in [9.17, 15) is 0 Å². The summed E-state index contributed by atoms with van der Waals surface area (Å²) >= 11 is 0. The molecule has 1 nitrogen and oxygen atoms in total. The van der Waals surface area contributed by atoms with Gasteiger partial charge in [-0.15, -0.1) is 6.58 Å². The molecule has 0 saturated heterocycles. The van der Waals surface area contributed by atoms with Crippen molar-refractivity contribution >= 4 is 0 Å². The molecule has 0 aliphatic rings. The second kappa shape index (κ2) is 42.6. The molecule has 0 N–H and O–H groups in total. The largest absolute Gasteiger partial charge is 0.382 e. The van der Waals surface area contributed by atoms with Gasteiger partial charge in [0.2, 0.25) is 0 Å². The summed E-state index contributed by atoms with van der Waals surface area (Å²) in [5.74, 6) is 2.50. The van der Waals surface area contributed by atoms with Crippen LogP contribution in [0.4, 0.5) is 0 Å². The quantitative estimate of drug-likeness (QED) is 0.232. The summed E-state index contributed by atoms with van der Waals surface area (Å²) in [6, 6.07) is 0. The summed E-state index contributed by atoms with van der Waals surface area (Å²) in [6.07, 6.45) is 15.0. The lowest BCUT2D eigenvalue weighted by Crippen LogP contribution is -2.00. The van der Waals surface area contributed by atoms with Crippen LogP contribution in [0.5, 0.6) is 0 Å². The molecular weight excluding hydrogens is 412 g/mol. The summed E-state index contributed by atoms with van der Waals surface area (Å²) < 4.78 is 4.98. The third kappa shape index (κ3) is 122. The van der Waals surface area contributed by atoms with Crippen LogP contribution in [0, 0.1) is 23.2 Å². The van der Waals surface area contributed by atoms with Crippen molar-refractivity contribution in [2.24, 2.45) is 23.2 Å². The highest BCUT2D eigenvalue weighted by Crippen LogP contribution is 2.16. The predicted molar refractivity (Wildman–Crippen MR) is 166 cm³/mol. The monoisotopic (exact) mass is 487 g/mol. The summed E-state index contributed by atoms with van der Waals surface area (Å²) in [5, 5.41) is 0. The minimum absolute atomic E-state index is 0.542. The molecule has 0 aliphatic carbocycles. The number of ether oxygens (including phenoxy) is 1. The first-order valence-corrected chi connectivity index (χ1v) is 14.5. The zero-order valence-corrected chi connectivity index (χ0v) is 27.4. The van der Waals surface area contributed by atoms with Gasteiger partial charge in [0.05, 0.1) is 0 Å². The van der Waals surface area contributed by atoms with Gasteiger partial charge in [-0.2, -0.15) is 0 Å². The van der Waals surface area contributed by atoms with Gasteiger partial charge in [0.15, 0.2) is 0 Å². The Hall–Kier alpha value is -0.560. The normalized spacial score (nSPS) is 9.97. The highest BCUT2D eigenvalue weighted by molar-refractivity contribution is 4.79. The number of rotatable bonds is 9. The molecule has 212 valence electrons. The van der Waals surface area contributed by atoms with Crippen molar-refractivity contribution in [2.75, 3.05) is 13.2 Å².